The van der Waals surface area contributed by atoms with Crippen LogP contribution >= 0.6 is 46.4 Å². The summed E-state index contributed by atoms with van der Waals surface area (Å²) < 4.78 is 10.6. The largest absolute Gasteiger partial charge is 0.461 e. The van der Waals surface area contributed by atoms with Gasteiger partial charge in [0, 0.05) is 21.4 Å². The summed E-state index contributed by atoms with van der Waals surface area (Å²) in [6.45, 7) is 0. The first kappa shape index (κ1) is 24.1. The molecule has 0 fully saturated rings. The van der Waals surface area contributed by atoms with Crippen LogP contribution in [-0.2, 0) is 0 Å². The van der Waals surface area contributed by atoms with E-state index in [1.165, 1.54) is 0 Å². The normalized spacial score (nSPS) is 10.8. The Morgan fingerprint density at radius 1 is 0.500 bits per heavy atom. The number of nitrogens with one attached hydrogen (secondary N) is 2. The van der Waals surface area contributed by atoms with E-state index >= 15 is 0 Å². The summed E-state index contributed by atoms with van der Waals surface area (Å²) in [6, 6.07) is 18.1. The van der Waals surface area contributed by atoms with Gasteiger partial charge in [-0.3, -0.25) is 0 Å². The smallest absolute Gasteiger partial charge is 0.196 e. The van der Waals surface area contributed by atoms with E-state index in [1.54, 1.807) is 48.9 Å². The van der Waals surface area contributed by atoms with E-state index in [2.05, 4.69) is 31.0 Å². The molecule has 0 aliphatic rings. The van der Waals surface area contributed by atoms with Crippen molar-refractivity contribution < 1.29 is 8.83 Å². The fraction of sp³-hybridized carbons (Fsp3) is 0. The molecule has 4 aromatic heterocycles. The third kappa shape index (κ3) is 5.32. The molecule has 0 saturated heterocycles. The Labute approximate surface area is 224 Å². The van der Waals surface area contributed by atoms with Gasteiger partial charge in [0.15, 0.2) is 33.1 Å². The molecule has 2 N–H and O–H groups in total. The average Bonchev–Trinajstić information content (AvgIpc) is 3.57. The third-order valence-electron chi connectivity index (χ3n) is 4.90. The lowest BCUT2D eigenvalue weighted by Crippen LogP contribution is -1.96. The van der Waals surface area contributed by atoms with Crippen molar-refractivity contribution in [3.05, 3.63) is 93.5 Å². The van der Waals surface area contributed by atoms with Crippen LogP contribution in [0.1, 0.15) is 0 Å². The lowest BCUT2D eigenvalue weighted by Gasteiger charge is -2.05. The molecular formula is C24H14Cl4N6O2. The van der Waals surface area contributed by atoms with Gasteiger partial charge in [0.05, 0.1) is 23.3 Å². The van der Waals surface area contributed by atoms with E-state index in [4.69, 9.17) is 55.2 Å². The lowest BCUT2D eigenvalue weighted by molar-refractivity contribution is 0.613. The molecule has 0 saturated carbocycles. The van der Waals surface area contributed by atoms with Crippen LogP contribution in [0.25, 0.3) is 21.9 Å². The molecule has 0 aliphatic carbocycles. The van der Waals surface area contributed by atoms with Crippen LogP contribution in [0.3, 0.4) is 0 Å². The molecular weight excluding hydrogens is 546 g/mol. The topological polar surface area (TPSA) is 102 Å². The second-order valence-electron chi connectivity index (χ2n) is 7.27. The molecule has 0 radical (unpaired) electrons. The standard InChI is InChI=1S/2C12H7Cl2N3O/c13-7-1-3-8(4-2-7)15-12-9-5-6-18-10(9)11(14)16-17-12;13-7-1-3-8(4-2-7)15-12-10-9(5-6-18-10)11(14)16-17-12/h2*1-6H,(H,15,17). The summed E-state index contributed by atoms with van der Waals surface area (Å²) in [7, 11) is 0. The summed E-state index contributed by atoms with van der Waals surface area (Å²) in [5.74, 6) is 1.10. The first-order valence-corrected chi connectivity index (χ1v) is 11.8. The maximum atomic E-state index is 5.92. The highest BCUT2D eigenvalue weighted by atomic mass is 35.5. The summed E-state index contributed by atoms with van der Waals surface area (Å²) >= 11 is 23.4. The van der Waals surface area contributed by atoms with Gasteiger partial charge in [-0.15, -0.1) is 20.4 Å². The van der Waals surface area contributed by atoms with Gasteiger partial charge in [-0.05, 0) is 60.7 Å². The van der Waals surface area contributed by atoms with Gasteiger partial charge in [0.25, 0.3) is 0 Å². The van der Waals surface area contributed by atoms with Gasteiger partial charge in [0.1, 0.15) is 0 Å². The highest BCUT2D eigenvalue weighted by molar-refractivity contribution is 6.34. The average molecular weight is 560 g/mol. The third-order valence-corrected chi connectivity index (χ3v) is 5.93. The number of furan rings is 2. The minimum absolute atomic E-state index is 0.247. The van der Waals surface area contributed by atoms with Crippen LogP contribution in [0, 0.1) is 0 Å². The van der Waals surface area contributed by atoms with Crippen molar-refractivity contribution in [3.8, 4) is 0 Å². The van der Waals surface area contributed by atoms with E-state index in [1.807, 2.05) is 24.3 Å². The number of aromatic nitrogens is 4. The molecule has 4 heterocycles. The number of rotatable bonds is 4. The highest BCUT2D eigenvalue weighted by Crippen LogP contribution is 2.30. The fourth-order valence-corrected chi connectivity index (χ4v) is 3.83. The Kier molecular flexibility index (Phi) is 7.11. The SMILES string of the molecule is Clc1ccc(Nc2nnc(Cl)c3ccoc23)cc1.Clc1ccc(Nc2nnc(Cl)c3occc23)cc1. The molecule has 2 aromatic carbocycles. The number of hydrogen-bond acceptors (Lipinski definition) is 8. The van der Waals surface area contributed by atoms with Gasteiger partial charge >= 0.3 is 0 Å². The van der Waals surface area contributed by atoms with Gasteiger partial charge < -0.3 is 19.5 Å². The van der Waals surface area contributed by atoms with E-state index in [0.717, 1.165) is 22.1 Å². The van der Waals surface area contributed by atoms with Crippen molar-refractivity contribution >= 4 is 91.4 Å². The molecule has 0 bridgehead atoms. The quantitative estimate of drug-likeness (QED) is 0.221. The number of halogens is 4. The predicted molar refractivity (Wildman–Crippen MR) is 143 cm³/mol. The monoisotopic (exact) mass is 558 g/mol. The zero-order valence-electron chi connectivity index (χ0n) is 18.0. The minimum Gasteiger partial charge on any atom is -0.461 e. The van der Waals surface area contributed by atoms with Crippen LogP contribution in [-0.4, -0.2) is 20.4 Å². The Morgan fingerprint density at radius 2 is 1.00 bits per heavy atom. The molecule has 6 rings (SSSR count). The number of anilines is 4. The number of benzene rings is 2. The van der Waals surface area contributed by atoms with Crippen molar-refractivity contribution in [2.24, 2.45) is 0 Å². The number of hydrogen-bond donors (Lipinski definition) is 2. The van der Waals surface area contributed by atoms with Crippen LogP contribution in [0.15, 0.2) is 82.0 Å². The molecule has 12 heteroatoms. The van der Waals surface area contributed by atoms with E-state index in [0.29, 0.717) is 38.0 Å². The molecule has 0 spiro atoms. The molecule has 0 aliphatic heterocycles. The van der Waals surface area contributed by atoms with Crippen molar-refractivity contribution in [1.29, 1.82) is 0 Å². The van der Waals surface area contributed by atoms with Crippen molar-refractivity contribution in [2.75, 3.05) is 10.6 Å². The van der Waals surface area contributed by atoms with Crippen LogP contribution in [0.4, 0.5) is 23.0 Å². The van der Waals surface area contributed by atoms with Gasteiger partial charge in [-0.1, -0.05) is 46.4 Å². The first-order chi connectivity index (χ1) is 17.5. The van der Waals surface area contributed by atoms with Gasteiger partial charge in [0.2, 0.25) is 0 Å². The fourth-order valence-electron chi connectivity index (χ4n) is 3.21. The van der Waals surface area contributed by atoms with Gasteiger partial charge in [-0.2, -0.15) is 0 Å². The molecule has 0 atom stereocenters. The second-order valence-corrected chi connectivity index (χ2v) is 8.86. The van der Waals surface area contributed by atoms with E-state index in [-0.39, 0.29) is 5.15 Å². The van der Waals surface area contributed by atoms with E-state index < -0.39 is 0 Å². The lowest BCUT2D eigenvalue weighted by atomic mass is 10.3. The van der Waals surface area contributed by atoms with Crippen molar-refractivity contribution in [2.45, 2.75) is 0 Å². The summed E-state index contributed by atoms with van der Waals surface area (Å²) in [5, 5.41) is 25.3. The Bertz CT molecular complexity index is 1510. The Hall–Kier alpha value is -3.56. The summed E-state index contributed by atoms with van der Waals surface area (Å²) in [4.78, 5) is 0. The maximum absolute atomic E-state index is 5.92. The molecule has 0 amide bonds. The molecule has 36 heavy (non-hydrogen) atoms. The zero-order valence-corrected chi connectivity index (χ0v) is 21.1. The van der Waals surface area contributed by atoms with E-state index in [9.17, 15) is 0 Å². The minimum atomic E-state index is 0.247. The second kappa shape index (κ2) is 10.6. The first-order valence-electron chi connectivity index (χ1n) is 10.3. The van der Waals surface area contributed by atoms with Crippen molar-refractivity contribution in [1.82, 2.24) is 20.4 Å². The highest BCUT2D eigenvalue weighted by Gasteiger charge is 2.12. The van der Waals surface area contributed by atoms with Crippen molar-refractivity contribution in [3.63, 3.8) is 0 Å². The summed E-state index contributed by atoms with van der Waals surface area (Å²) in [5.41, 5.74) is 2.79. The molecule has 0 unspecified atom stereocenters. The van der Waals surface area contributed by atoms with Crippen LogP contribution in [0.5, 0.6) is 0 Å². The number of fused-ring (bicyclic) bond motifs is 2. The van der Waals surface area contributed by atoms with Gasteiger partial charge in [-0.25, -0.2) is 0 Å². The maximum Gasteiger partial charge on any atom is 0.196 e. The predicted octanol–water partition coefficient (Wildman–Crippen LogP) is 8.55. The Balaban J connectivity index is 0.000000148. The number of nitrogens with zero attached hydrogens (tertiary/aromatic N) is 4. The molecule has 8 nitrogen and oxygen atoms in total. The zero-order chi connectivity index (χ0) is 25.1. The summed E-state index contributed by atoms with van der Waals surface area (Å²) in [6.07, 6.45) is 3.10. The molecule has 6 aromatic rings. The Morgan fingerprint density at radius 3 is 1.64 bits per heavy atom. The molecule has 180 valence electrons. The van der Waals surface area contributed by atoms with Crippen LogP contribution < -0.4 is 10.6 Å². The van der Waals surface area contributed by atoms with Crippen LogP contribution in [0.2, 0.25) is 20.4 Å².